The van der Waals surface area contributed by atoms with Crippen molar-refractivity contribution in [3.05, 3.63) is 34.1 Å². The van der Waals surface area contributed by atoms with Crippen LogP contribution >= 0.6 is 15.9 Å². The Labute approximate surface area is 107 Å². The smallest absolute Gasteiger partial charge is 0.243 e. The van der Waals surface area contributed by atoms with Crippen molar-refractivity contribution in [1.82, 2.24) is 10.6 Å². The Kier molecular flexibility index (Phi) is 2.48. The van der Waals surface area contributed by atoms with Crippen LogP contribution in [0, 0.1) is 5.82 Å². The van der Waals surface area contributed by atoms with Crippen LogP contribution in [-0.2, 0) is 4.79 Å². The second kappa shape index (κ2) is 3.78. The van der Waals surface area contributed by atoms with E-state index in [4.69, 9.17) is 0 Å². The standard InChI is InChI=1S/C12H12BrFN2O/c13-8-6-7(2-3-9(8)14)10-11(17)16-12(15-10)4-1-5-12/h2-3,6,10,15H,1,4-5H2,(H,16,17)/t10-/m1/s1. The quantitative estimate of drug-likeness (QED) is 0.835. The minimum Gasteiger partial charge on any atom is -0.336 e. The van der Waals surface area contributed by atoms with E-state index in [1.807, 2.05) is 0 Å². The van der Waals surface area contributed by atoms with Crippen molar-refractivity contribution in [2.75, 3.05) is 0 Å². The van der Waals surface area contributed by atoms with Gasteiger partial charge in [-0.05, 0) is 52.9 Å². The molecule has 1 aliphatic carbocycles. The van der Waals surface area contributed by atoms with Crippen LogP contribution in [0.4, 0.5) is 4.39 Å². The van der Waals surface area contributed by atoms with E-state index in [2.05, 4.69) is 26.6 Å². The highest BCUT2D eigenvalue weighted by Gasteiger charge is 2.47. The minimum absolute atomic E-state index is 0.0248. The average molecular weight is 299 g/mol. The monoisotopic (exact) mass is 298 g/mol. The van der Waals surface area contributed by atoms with Gasteiger partial charge in [0.25, 0.3) is 0 Å². The number of rotatable bonds is 1. The fraction of sp³-hybridized carbons (Fsp3) is 0.417. The van der Waals surface area contributed by atoms with Crippen LogP contribution < -0.4 is 10.6 Å². The van der Waals surface area contributed by atoms with Crippen LogP contribution in [0.1, 0.15) is 30.9 Å². The summed E-state index contributed by atoms with van der Waals surface area (Å²) in [6, 6.07) is 4.31. The molecule has 0 bridgehead atoms. The number of amides is 1. The van der Waals surface area contributed by atoms with Gasteiger partial charge in [-0.2, -0.15) is 0 Å². The molecule has 2 fully saturated rings. The fourth-order valence-corrected chi connectivity index (χ4v) is 2.81. The van der Waals surface area contributed by atoms with Crippen LogP contribution in [0.2, 0.25) is 0 Å². The number of nitrogens with one attached hydrogen (secondary N) is 2. The highest BCUT2D eigenvalue weighted by molar-refractivity contribution is 9.10. The van der Waals surface area contributed by atoms with Gasteiger partial charge in [0, 0.05) is 0 Å². The predicted octanol–water partition coefficient (Wildman–Crippen LogP) is 2.23. The van der Waals surface area contributed by atoms with Gasteiger partial charge in [0.05, 0.1) is 10.1 Å². The van der Waals surface area contributed by atoms with Gasteiger partial charge in [-0.15, -0.1) is 0 Å². The van der Waals surface area contributed by atoms with Gasteiger partial charge >= 0.3 is 0 Å². The van der Waals surface area contributed by atoms with Crippen molar-refractivity contribution < 1.29 is 9.18 Å². The lowest BCUT2D eigenvalue weighted by atomic mass is 9.85. The van der Waals surface area contributed by atoms with E-state index in [1.165, 1.54) is 6.07 Å². The predicted molar refractivity (Wildman–Crippen MR) is 64.7 cm³/mol. The first-order valence-corrected chi connectivity index (χ1v) is 6.44. The largest absolute Gasteiger partial charge is 0.336 e. The summed E-state index contributed by atoms with van der Waals surface area (Å²) in [5, 5.41) is 6.30. The zero-order valence-electron chi connectivity index (χ0n) is 9.09. The molecule has 0 aromatic heterocycles. The lowest BCUT2D eigenvalue weighted by Crippen LogP contribution is -2.55. The summed E-state index contributed by atoms with van der Waals surface area (Å²) < 4.78 is 13.5. The van der Waals surface area contributed by atoms with Crippen molar-refractivity contribution in [2.45, 2.75) is 31.0 Å². The lowest BCUT2D eigenvalue weighted by molar-refractivity contribution is -0.121. The summed E-state index contributed by atoms with van der Waals surface area (Å²) in [6.45, 7) is 0. The molecule has 90 valence electrons. The highest BCUT2D eigenvalue weighted by atomic mass is 79.9. The van der Waals surface area contributed by atoms with E-state index in [0.717, 1.165) is 24.8 Å². The van der Waals surface area contributed by atoms with Gasteiger partial charge in [-0.1, -0.05) is 6.07 Å². The lowest BCUT2D eigenvalue weighted by Gasteiger charge is -2.38. The maximum Gasteiger partial charge on any atom is 0.243 e. The molecule has 5 heteroatoms. The maximum absolute atomic E-state index is 13.1. The van der Waals surface area contributed by atoms with E-state index in [9.17, 15) is 9.18 Å². The molecule has 1 atom stereocenters. The van der Waals surface area contributed by atoms with Crippen LogP contribution in [0.3, 0.4) is 0 Å². The van der Waals surface area contributed by atoms with Crippen molar-refractivity contribution in [3.63, 3.8) is 0 Å². The Morgan fingerprint density at radius 3 is 2.71 bits per heavy atom. The summed E-state index contributed by atoms with van der Waals surface area (Å²) >= 11 is 3.14. The second-order valence-electron chi connectivity index (χ2n) is 4.68. The number of halogens is 2. The summed E-state index contributed by atoms with van der Waals surface area (Å²) in [4.78, 5) is 11.9. The molecular formula is C12H12BrFN2O. The van der Waals surface area contributed by atoms with Crippen LogP contribution in [0.15, 0.2) is 22.7 Å². The van der Waals surface area contributed by atoms with Gasteiger partial charge in [-0.3, -0.25) is 10.1 Å². The molecule has 1 aliphatic heterocycles. The highest BCUT2D eigenvalue weighted by Crippen LogP contribution is 2.37. The molecule has 1 heterocycles. The summed E-state index contributed by atoms with van der Waals surface area (Å²) in [6.07, 6.45) is 3.07. The van der Waals surface area contributed by atoms with Crippen LogP contribution in [0.25, 0.3) is 0 Å². The average Bonchev–Trinajstić information content (AvgIpc) is 2.60. The molecule has 17 heavy (non-hydrogen) atoms. The molecule has 3 nitrogen and oxygen atoms in total. The molecule has 1 aromatic carbocycles. The molecule has 1 amide bonds. The number of hydrogen-bond donors (Lipinski definition) is 2. The van der Waals surface area contributed by atoms with Gasteiger partial charge in [0.15, 0.2) is 0 Å². The first-order valence-electron chi connectivity index (χ1n) is 5.64. The van der Waals surface area contributed by atoms with E-state index in [0.29, 0.717) is 4.47 Å². The normalized spacial score (nSPS) is 25.8. The topological polar surface area (TPSA) is 41.1 Å². The molecule has 3 rings (SSSR count). The van der Waals surface area contributed by atoms with Crippen LogP contribution in [-0.4, -0.2) is 11.6 Å². The van der Waals surface area contributed by atoms with E-state index in [-0.39, 0.29) is 23.4 Å². The number of benzene rings is 1. The third-order valence-corrected chi connectivity index (χ3v) is 4.14. The van der Waals surface area contributed by atoms with Crippen molar-refractivity contribution in [1.29, 1.82) is 0 Å². The zero-order valence-corrected chi connectivity index (χ0v) is 10.7. The maximum atomic E-state index is 13.1. The third-order valence-electron chi connectivity index (χ3n) is 3.53. The van der Waals surface area contributed by atoms with E-state index >= 15 is 0 Å². The summed E-state index contributed by atoms with van der Waals surface area (Å²) in [5.74, 6) is -0.339. The Balaban J connectivity index is 1.89. The van der Waals surface area contributed by atoms with Crippen molar-refractivity contribution >= 4 is 21.8 Å². The number of carbonyl (C=O) groups is 1. The van der Waals surface area contributed by atoms with E-state index < -0.39 is 0 Å². The Bertz CT molecular complexity index is 487. The first-order chi connectivity index (χ1) is 8.10. The second-order valence-corrected chi connectivity index (χ2v) is 5.53. The third kappa shape index (κ3) is 1.77. The van der Waals surface area contributed by atoms with Gasteiger partial charge in [0.1, 0.15) is 11.9 Å². The molecule has 1 saturated carbocycles. The number of carbonyl (C=O) groups excluding carboxylic acids is 1. The van der Waals surface area contributed by atoms with Crippen molar-refractivity contribution in [3.8, 4) is 0 Å². The molecule has 1 aromatic rings. The van der Waals surface area contributed by atoms with Gasteiger partial charge in [-0.25, -0.2) is 4.39 Å². The SMILES string of the molecule is O=C1NC2(CCC2)N[C@@H]1c1ccc(F)c(Br)c1. The van der Waals surface area contributed by atoms with E-state index in [1.54, 1.807) is 12.1 Å². The van der Waals surface area contributed by atoms with Gasteiger partial charge in [0.2, 0.25) is 5.91 Å². The summed E-state index contributed by atoms with van der Waals surface area (Å²) in [7, 11) is 0. The molecule has 0 unspecified atom stereocenters. The first kappa shape index (κ1) is 11.2. The number of hydrogen-bond acceptors (Lipinski definition) is 2. The Hall–Kier alpha value is -0.940. The molecule has 1 saturated heterocycles. The molecule has 2 N–H and O–H groups in total. The molecule has 1 spiro atoms. The molecule has 0 radical (unpaired) electrons. The molecular weight excluding hydrogens is 287 g/mol. The van der Waals surface area contributed by atoms with Gasteiger partial charge < -0.3 is 5.32 Å². The summed E-state index contributed by atoms with van der Waals surface area (Å²) in [5.41, 5.74) is 0.586. The zero-order chi connectivity index (χ0) is 12.0. The molecule has 2 aliphatic rings. The Morgan fingerprint density at radius 1 is 1.41 bits per heavy atom. The van der Waals surface area contributed by atoms with Crippen LogP contribution in [0.5, 0.6) is 0 Å². The fourth-order valence-electron chi connectivity index (χ4n) is 2.41. The minimum atomic E-state index is -0.368. The Morgan fingerprint density at radius 2 is 2.18 bits per heavy atom. The van der Waals surface area contributed by atoms with Crippen molar-refractivity contribution in [2.24, 2.45) is 0 Å².